The summed E-state index contributed by atoms with van der Waals surface area (Å²) in [6.45, 7) is 13.3. The molecule has 41 heavy (non-hydrogen) atoms. The highest BCUT2D eigenvalue weighted by Gasteiger charge is 2.63. The van der Waals surface area contributed by atoms with Gasteiger partial charge in [-0.1, -0.05) is 102 Å². The summed E-state index contributed by atoms with van der Waals surface area (Å²) in [6, 6.07) is 14.8. The summed E-state index contributed by atoms with van der Waals surface area (Å²) in [6.07, 6.45) is 4.85. The maximum Gasteiger partial charge on any atom is 0.335 e. The molecule has 2 aromatic carbocycles. The summed E-state index contributed by atoms with van der Waals surface area (Å²) in [5, 5.41) is 0. The van der Waals surface area contributed by atoms with Crippen LogP contribution in [0.3, 0.4) is 0 Å². The predicted molar refractivity (Wildman–Crippen MR) is 165 cm³/mol. The Bertz CT molecular complexity index is 1300. The van der Waals surface area contributed by atoms with Gasteiger partial charge < -0.3 is 9.47 Å². The van der Waals surface area contributed by atoms with Crippen molar-refractivity contribution in [2.75, 3.05) is 7.11 Å². The first-order valence-corrected chi connectivity index (χ1v) is 15.9. The van der Waals surface area contributed by atoms with Gasteiger partial charge in [-0.05, 0) is 77.0 Å². The Morgan fingerprint density at radius 1 is 1.05 bits per heavy atom. The van der Waals surface area contributed by atoms with Gasteiger partial charge in [0.2, 0.25) is 4.87 Å². The number of alkyl halides is 1. The zero-order chi connectivity index (χ0) is 29.7. The number of methoxy groups -OCH3 is 1. The normalized spacial score (nSPS) is 31.8. The van der Waals surface area contributed by atoms with Crippen LogP contribution in [0.4, 0.5) is 0 Å². The van der Waals surface area contributed by atoms with Crippen molar-refractivity contribution in [3.63, 3.8) is 0 Å². The van der Waals surface area contributed by atoms with E-state index >= 15 is 0 Å². The molecule has 0 aromatic heterocycles. The standard InChI is InChI=1S/C36H47ClO4/c1-22(2)25-14-17-27-26(32(25)40-7)15-18-30-35(27,6)20-19-31(38)36(30,37)33(39)41-29-21-23(3)13-16-28(29)34(4,5)24-11-9-8-10-12-24/h8-12,14,17,22-23,28-30H,13,15-16,18-21H2,1-7H3/t23-,28-,29-,30-,35-,36+/m1/s1. The predicted octanol–water partition coefficient (Wildman–Crippen LogP) is 8.31. The van der Waals surface area contributed by atoms with E-state index in [0.29, 0.717) is 24.7 Å². The van der Waals surface area contributed by atoms with E-state index in [4.69, 9.17) is 21.1 Å². The lowest BCUT2D eigenvalue weighted by atomic mass is 9.54. The van der Waals surface area contributed by atoms with E-state index in [1.54, 1.807) is 7.11 Å². The Morgan fingerprint density at radius 3 is 2.41 bits per heavy atom. The number of carbonyl (C=O) groups excluding carboxylic acids is 2. The molecule has 3 aliphatic carbocycles. The topological polar surface area (TPSA) is 52.6 Å². The molecule has 4 nitrogen and oxygen atoms in total. The maximum absolute atomic E-state index is 14.3. The van der Waals surface area contributed by atoms with Crippen molar-refractivity contribution in [2.24, 2.45) is 17.8 Å². The molecular weight excluding hydrogens is 532 g/mol. The molecule has 0 heterocycles. The van der Waals surface area contributed by atoms with E-state index in [2.05, 4.69) is 77.9 Å². The van der Waals surface area contributed by atoms with Crippen molar-refractivity contribution in [1.29, 1.82) is 0 Å². The summed E-state index contributed by atoms with van der Waals surface area (Å²) < 4.78 is 12.4. The molecule has 0 bridgehead atoms. The second kappa shape index (κ2) is 11.1. The number of rotatable bonds is 6. The SMILES string of the molecule is COc1c(C(C)C)ccc2c1CC[C@H]1[C@@](Cl)(C(=O)O[C@@H]3C[C@H](C)CC[C@H]3C(C)(C)c3ccccc3)C(=O)CC[C@]21C. The zero-order valence-corrected chi connectivity index (χ0v) is 26.6. The van der Waals surface area contributed by atoms with E-state index in [1.165, 1.54) is 16.7 Å². The lowest BCUT2D eigenvalue weighted by Crippen LogP contribution is -2.61. The first kappa shape index (κ1) is 30.1. The van der Waals surface area contributed by atoms with Crippen LogP contribution < -0.4 is 4.74 Å². The van der Waals surface area contributed by atoms with Crippen LogP contribution >= 0.6 is 11.6 Å². The van der Waals surface area contributed by atoms with E-state index in [0.717, 1.165) is 37.0 Å². The van der Waals surface area contributed by atoms with E-state index in [-0.39, 0.29) is 35.6 Å². The average molecular weight is 579 g/mol. The van der Waals surface area contributed by atoms with Crippen LogP contribution in [0.1, 0.15) is 108 Å². The Kier molecular flexibility index (Phi) is 8.13. The number of halogens is 1. The Hall–Kier alpha value is -2.33. The second-order valence-electron chi connectivity index (χ2n) is 14.1. The summed E-state index contributed by atoms with van der Waals surface area (Å²) >= 11 is 7.34. The Morgan fingerprint density at radius 2 is 1.76 bits per heavy atom. The van der Waals surface area contributed by atoms with Crippen molar-refractivity contribution < 1.29 is 19.1 Å². The van der Waals surface area contributed by atoms with Crippen LogP contribution in [-0.4, -0.2) is 29.8 Å². The fraction of sp³-hybridized carbons (Fsp3) is 0.611. The minimum Gasteiger partial charge on any atom is -0.496 e. The van der Waals surface area contributed by atoms with Gasteiger partial charge in [0.1, 0.15) is 11.9 Å². The number of ketones is 1. The lowest BCUT2D eigenvalue weighted by Gasteiger charge is -2.52. The molecule has 0 N–H and O–H groups in total. The minimum absolute atomic E-state index is 0.140. The molecule has 2 saturated carbocycles. The summed E-state index contributed by atoms with van der Waals surface area (Å²) in [5.74, 6) is 0.792. The van der Waals surface area contributed by atoms with Crippen molar-refractivity contribution in [2.45, 2.75) is 114 Å². The molecule has 6 atom stereocenters. The molecule has 0 aliphatic heterocycles. The molecule has 2 aromatic rings. The number of hydrogen-bond acceptors (Lipinski definition) is 4. The van der Waals surface area contributed by atoms with Gasteiger partial charge >= 0.3 is 5.97 Å². The largest absolute Gasteiger partial charge is 0.496 e. The third-order valence-electron chi connectivity index (χ3n) is 11.0. The van der Waals surface area contributed by atoms with Crippen LogP contribution in [0.5, 0.6) is 5.75 Å². The van der Waals surface area contributed by atoms with E-state index in [9.17, 15) is 9.59 Å². The Balaban J connectivity index is 1.48. The van der Waals surface area contributed by atoms with Gasteiger partial charge in [0, 0.05) is 18.3 Å². The van der Waals surface area contributed by atoms with Gasteiger partial charge in [0.15, 0.2) is 5.78 Å². The molecule has 0 amide bonds. The van der Waals surface area contributed by atoms with Crippen LogP contribution in [0, 0.1) is 17.8 Å². The number of hydrogen-bond donors (Lipinski definition) is 0. The number of carbonyl (C=O) groups is 2. The smallest absolute Gasteiger partial charge is 0.335 e. The fourth-order valence-electron chi connectivity index (χ4n) is 8.46. The third-order valence-corrected chi connectivity index (χ3v) is 11.6. The third kappa shape index (κ3) is 4.92. The molecule has 5 rings (SSSR count). The molecule has 2 fully saturated rings. The molecule has 222 valence electrons. The maximum atomic E-state index is 14.3. The van der Waals surface area contributed by atoms with Gasteiger partial charge in [-0.15, -0.1) is 0 Å². The first-order chi connectivity index (χ1) is 19.4. The molecule has 3 aliphatic rings. The molecule has 0 radical (unpaired) electrons. The average Bonchev–Trinajstić information content (AvgIpc) is 2.94. The van der Waals surface area contributed by atoms with E-state index in [1.807, 2.05) is 6.07 Å². The molecular formula is C36H47ClO4. The molecule has 5 heteroatoms. The van der Waals surface area contributed by atoms with Gasteiger partial charge in [0.25, 0.3) is 0 Å². The fourth-order valence-corrected chi connectivity index (χ4v) is 8.95. The summed E-state index contributed by atoms with van der Waals surface area (Å²) in [4.78, 5) is 26.3. The summed E-state index contributed by atoms with van der Waals surface area (Å²) in [7, 11) is 1.74. The molecule has 0 unspecified atom stereocenters. The number of fused-ring (bicyclic) bond motifs is 3. The quantitative estimate of drug-likeness (QED) is 0.196. The van der Waals surface area contributed by atoms with Crippen molar-refractivity contribution >= 4 is 23.4 Å². The van der Waals surface area contributed by atoms with Gasteiger partial charge in [-0.25, -0.2) is 4.79 Å². The number of Topliss-reactive ketones (excluding diaryl/α,β-unsaturated/α-hetero) is 1. The summed E-state index contributed by atoms with van der Waals surface area (Å²) in [5.41, 5.74) is 4.18. The number of esters is 1. The van der Waals surface area contributed by atoms with Crippen LogP contribution in [-0.2, 0) is 31.6 Å². The highest BCUT2D eigenvalue weighted by Crippen LogP contribution is 2.57. The first-order valence-electron chi connectivity index (χ1n) is 15.5. The van der Waals surface area contributed by atoms with Gasteiger partial charge in [-0.2, -0.15) is 0 Å². The van der Waals surface area contributed by atoms with Crippen LogP contribution in [0.2, 0.25) is 0 Å². The molecule has 0 saturated heterocycles. The van der Waals surface area contributed by atoms with Gasteiger partial charge in [-0.3, -0.25) is 4.79 Å². The van der Waals surface area contributed by atoms with Crippen LogP contribution in [0.25, 0.3) is 0 Å². The highest BCUT2D eigenvalue weighted by molar-refractivity contribution is 6.46. The van der Waals surface area contributed by atoms with Crippen molar-refractivity contribution in [3.05, 3.63) is 64.7 Å². The van der Waals surface area contributed by atoms with Crippen molar-refractivity contribution in [3.8, 4) is 5.75 Å². The molecule has 0 spiro atoms. The van der Waals surface area contributed by atoms with Crippen molar-refractivity contribution in [1.82, 2.24) is 0 Å². The zero-order valence-electron chi connectivity index (χ0n) is 25.9. The monoisotopic (exact) mass is 578 g/mol. The highest BCUT2D eigenvalue weighted by atomic mass is 35.5. The lowest BCUT2D eigenvalue weighted by molar-refractivity contribution is -0.166. The minimum atomic E-state index is -1.68. The van der Waals surface area contributed by atoms with Crippen LogP contribution in [0.15, 0.2) is 42.5 Å². The van der Waals surface area contributed by atoms with E-state index < -0.39 is 16.3 Å². The number of benzene rings is 2. The number of ether oxygens (including phenoxy) is 2. The Labute approximate surface area is 251 Å². The second-order valence-corrected chi connectivity index (χ2v) is 14.7. The van der Waals surface area contributed by atoms with Gasteiger partial charge in [0.05, 0.1) is 7.11 Å².